The van der Waals surface area contributed by atoms with Crippen LogP contribution in [0.25, 0.3) is 0 Å². The van der Waals surface area contributed by atoms with Crippen molar-refractivity contribution in [3.63, 3.8) is 0 Å². The third-order valence-corrected chi connectivity index (χ3v) is 4.26. The van der Waals surface area contributed by atoms with Crippen LogP contribution in [0.3, 0.4) is 0 Å². The number of anilines is 1. The molecule has 0 atom stereocenters. The highest BCUT2D eigenvalue weighted by Crippen LogP contribution is 2.22. The summed E-state index contributed by atoms with van der Waals surface area (Å²) in [4.78, 5) is 12.7. The number of aromatic nitrogens is 4. The minimum Gasteiger partial charge on any atom is -0.381 e. The lowest BCUT2D eigenvalue weighted by Crippen LogP contribution is -2.12. The van der Waals surface area contributed by atoms with Gasteiger partial charge in [0, 0.05) is 13.0 Å². The van der Waals surface area contributed by atoms with E-state index in [4.69, 9.17) is 4.74 Å². The van der Waals surface area contributed by atoms with Crippen LogP contribution in [0.1, 0.15) is 47.1 Å². The lowest BCUT2D eigenvalue weighted by Gasteiger charge is -2.02. The first-order valence-electron chi connectivity index (χ1n) is 6.65. The Morgan fingerprint density at radius 1 is 1.33 bits per heavy atom. The normalized spacial score (nSPS) is 11.0. The second-order valence-electron chi connectivity index (χ2n) is 4.54. The van der Waals surface area contributed by atoms with Gasteiger partial charge in [-0.05, 0) is 24.4 Å². The summed E-state index contributed by atoms with van der Waals surface area (Å²) in [6, 6.07) is 0. The molecule has 0 radical (unpaired) electrons. The molecule has 0 aliphatic rings. The van der Waals surface area contributed by atoms with Crippen molar-refractivity contribution in [3.8, 4) is 0 Å². The van der Waals surface area contributed by atoms with E-state index in [-0.39, 0.29) is 11.8 Å². The zero-order chi connectivity index (χ0) is 15.2. The molecule has 21 heavy (non-hydrogen) atoms. The zero-order valence-electron chi connectivity index (χ0n) is 12.1. The molecule has 114 valence electrons. The average molecular weight is 327 g/mol. The van der Waals surface area contributed by atoms with E-state index < -0.39 is 0 Å². The standard InChI is InChI=1S/C12H17N5O2S2/c1-4-19-6-5-8-14-16-12(20-8)13-11(18)10-9(7(2)3)15-17-21-10/h7H,4-6H2,1-3H3,(H,13,16,18). The second-order valence-corrected chi connectivity index (χ2v) is 6.36. The minimum absolute atomic E-state index is 0.153. The topological polar surface area (TPSA) is 89.9 Å². The number of nitrogens with one attached hydrogen (secondary N) is 1. The third kappa shape index (κ3) is 4.26. The Kier molecular flexibility index (Phi) is 5.71. The number of hydrogen-bond acceptors (Lipinski definition) is 8. The Bertz CT molecular complexity index is 596. The van der Waals surface area contributed by atoms with Gasteiger partial charge in [-0.15, -0.1) is 15.3 Å². The van der Waals surface area contributed by atoms with Crippen molar-refractivity contribution in [2.24, 2.45) is 0 Å². The van der Waals surface area contributed by atoms with Crippen LogP contribution in [0.4, 0.5) is 5.13 Å². The Balaban J connectivity index is 1.98. The molecular weight excluding hydrogens is 310 g/mol. The molecule has 1 amide bonds. The molecule has 0 fully saturated rings. The molecule has 0 aliphatic carbocycles. The summed E-state index contributed by atoms with van der Waals surface area (Å²) in [6.45, 7) is 7.18. The number of rotatable bonds is 7. The van der Waals surface area contributed by atoms with Gasteiger partial charge in [0.2, 0.25) is 5.13 Å². The molecule has 7 nitrogen and oxygen atoms in total. The molecule has 2 rings (SSSR count). The molecule has 0 aliphatic heterocycles. The molecule has 0 aromatic carbocycles. The lowest BCUT2D eigenvalue weighted by molar-refractivity contribution is 0.102. The van der Waals surface area contributed by atoms with Gasteiger partial charge >= 0.3 is 0 Å². The van der Waals surface area contributed by atoms with Crippen LogP contribution >= 0.6 is 22.9 Å². The molecule has 0 spiro atoms. The fraction of sp³-hybridized carbons (Fsp3) is 0.583. The van der Waals surface area contributed by atoms with Gasteiger partial charge in [-0.3, -0.25) is 10.1 Å². The zero-order valence-corrected chi connectivity index (χ0v) is 13.8. The molecule has 2 aromatic rings. The van der Waals surface area contributed by atoms with Crippen LogP contribution in [0.15, 0.2) is 0 Å². The van der Waals surface area contributed by atoms with Gasteiger partial charge in [0.05, 0.1) is 12.3 Å². The number of hydrogen-bond donors (Lipinski definition) is 1. The monoisotopic (exact) mass is 327 g/mol. The van der Waals surface area contributed by atoms with Gasteiger partial charge in [-0.25, -0.2) is 0 Å². The van der Waals surface area contributed by atoms with Crippen LogP contribution in [0.5, 0.6) is 0 Å². The molecule has 2 aromatic heterocycles. The molecule has 0 saturated carbocycles. The van der Waals surface area contributed by atoms with E-state index >= 15 is 0 Å². The number of carbonyl (C=O) groups is 1. The fourth-order valence-electron chi connectivity index (χ4n) is 1.60. The molecule has 0 saturated heterocycles. The highest BCUT2D eigenvalue weighted by molar-refractivity contribution is 7.15. The van der Waals surface area contributed by atoms with Crippen LogP contribution < -0.4 is 5.32 Å². The van der Waals surface area contributed by atoms with Crippen molar-refractivity contribution in [2.45, 2.75) is 33.1 Å². The molecule has 2 heterocycles. The Labute approximate surface area is 130 Å². The number of carbonyl (C=O) groups excluding carboxylic acids is 1. The van der Waals surface area contributed by atoms with E-state index in [0.29, 0.717) is 35.3 Å². The Hall–Kier alpha value is -1.45. The smallest absolute Gasteiger partial charge is 0.271 e. The average Bonchev–Trinajstić information content (AvgIpc) is 3.07. The largest absolute Gasteiger partial charge is 0.381 e. The Morgan fingerprint density at radius 3 is 2.86 bits per heavy atom. The van der Waals surface area contributed by atoms with Crippen molar-refractivity contribution in [3.05, 3.63) is 15.6 Å². The van der Waals surface area contributed by atoms with E-state index in [1.807, 2.05) is 20.8 Å². The van der Waals surface area contributed by atoms with Gasteiger partial charge in [-0.1, -0.05) is 29.7 Å². The summed E-state index contributed by atoms with van der Waals surface area (Å²) in [6.07, 6.45) is 0.695. The molecule has 0 bridgehead atoms. The summed E-state index contributed by atoms with van der Waals surface area (Å²) in [5, 5.41) is 16.0. The lowest BCUT2D eigenvalue weighted by atomic mass is 10.1. The van der Waals surface area contributed by atoms with Crippen LogP contribution in [-0.2, 0) is 11.2 Å². The van der Waals surface area contributed by atoms with Crippen molar-refractivity contribution in [2.75, 3.05) is 18.5 Å². The van der Waals surface area contributed by atoms with Gasteiger partial charge in [0.1, 0.15) is 9.88 Å². The highest BCUT2D eigenvalue weighted by atomic mass is 32.1. The van der Waals surface area contributed by atoms with E-state index in [1.165, 1.54) is 11.3 Å². The second kappa shape index (κ2) is 7.53. The third-order valence-electron chi connectivity index (χ3n) is 2.62. The van der Waals surface area contributed by atoms with Gasteiger partial charge < -0.3 is 4.74 Å². The van der Waals surface area contributed by atoms with Crippen molar-refractivity contribution < 1.29 is 9.53 Å². The van der Waals surface area contributed by atoms with E-state index in [0.717, 1.165) is 16.5 Å². The van der Waals surface area contributed by atoms with E-state index in [2.05, 4.69) is 25.1 Å². The van der Waals surface area contributed by atoms with Crippen LogP contribution in [-0.4, -0.2) is 38.9 Å². The number of ether oxygens (including phenoxy) is 1. The van der Waals surface area contributed by atoms with Crippen molar-refractivity contribution in [1.82, 2.24) is 19.8 Å². The first kappa shape index (κ1) is 15.9. The summed E-state index contributed by atoms with van der Waals surface area (Å²) in [5.41, 5.74) is 0.707. The maximum atomic E-state index is 12.2. The molecule has 9 heteroatoms. The van der Waals surface area contributed by atoms with Crippen LogP contribution in [0.2, 0.25) is 0 Å². The maximum absolute atomic E-state index is 12.2. The maximum Gasteiger partial charge on any atom is 0.271 e. The van der Waals surface area contributed by atoms with Gasteiger partial charge in [-0.2, -0.15) is 0 Å². The van der Waals surface area contributed by atoms with E-state index in [1.54, 1.807) is 0 Å². The first-order valence-corrected chi connectivity index (χ1v) is 8.24. The number of amides is 1. The Morgan fingerprint density at radius 2 is 2.14 bits per heavy atom. The van der Waals surface area contributed by atoms with Gasteiger partial charge in [0.25, 0.3) is 5.91 Å². The number of nitrogens with zero attached hydrogens (tertiary/aromatic N) is 4. The SMILES string of the molecule is CCOCCc1nnc(NC(=O)c2snnc2C(C)C)s1. The summed E-state index contributed by atoms with van der Waals surface area (Å²) in [5.74, 6) is -0.0816. The summed E-state index contributed by atoms with van der Waals surface area (Å²) in [7, 11) is 0. The van der Waals surface area contributed by atoms with Crippen molar-refractivity contribution >= 4 is 33.9 Å². The quantitative estimate of drug-likeness (QED) is 0.785. The molecule has 1 N–H and O–H groups in total. The molecule has 0 unspecified atom stereocenters. The predicted octanol–water partition coefficient (Wildman–Crippen LogP) is 2.34. The van der Waals surface area contributed by atoms with Crippen LogP contribution in [0, 0.1) is 0 Å². The highest BCUT2D eigenvalue weighted by Gasteiger charge is 2.19. The first-order chi connectivity index (χ1) is 10.1. The van der Waals surface area contributed by atoms with E-state index in [9.17, 15) is 4.79 Å². The van der Waals surface area contributed by atoms with Gasteiger partial charge in [0.15, 0.2) is 0 Å². The summed E-state index contributed by atoms with van der Waals surface area (Å²) >= 11 is 2.44. The fourth-order valence-corrected chi connectivity index (χ4v) is 3.03. The minimum atomic E-state index is -0.235. The summed E-state index contributed by atoms with van der Waals surface area (Å²) < 4.78 is 9.11. The van der Waals surface area contributed by atoms with Crippen molar-refractivity contribution in [1.29, 1.82) is 0 Å². The predicted molar refractivity (Wildman–Crippen MR) is 82.1 cm³/mol. The molecular formula is C12H17N5O2S2.